The average molecular weight is 314 g/mol. The molecule has 1 saturated carbocycles. The van der Waals surface area contributed by atoms with E-state index in [0.717, 1.165) is 21.9 Å². The summed E-state index contributed by atoms with van der Waals surface area (Å²) in [5.74, 6) is 2.42. The molecule has 3 nitrogen and oxygen atoms in total. The molecule has 1 atom stereocenters. The van der Waals surface area contributed by atoms with Crippen LogP contribution >= 0.6 is 15.9 Å². The molecule has 1 aliphatic rings. The molecular weight excluding hydrogens is 294 g/mol. The van der Waals surface area contributed by atoms with Crippen LogP contribution in [0.1, 0.15) is 30.9 Å². The maximum Gasteiger partial charge on any atom is 0.161 e. The SMILES string of the molecule is CNC(CC1CC1)c1cc(OC)c(OC)cc1Br. The van der Waals surface area contributed by atoms with Crippen molar-refractivity contribution < 1.29 is 9.47 Å². The van der Waals surface area contributed by atoms with Crippen molar-refractivity contribution >= 4 is 15.9 Å². The van der Waals surface area contributed by atoms with E-state index >= 15 is 0 Å². The highest BCUT2D eigenvalue weighted by Crippen LogP contribution is 2.41. The molecule has 18 heavy (non-hydrogen) atoms. The molecule has 1 aromatic carbocycles. The third-order valence-corrected chi connectivity index (χ3v) is 4.18. The van der Waals surface area contributed by atoms with E-state index in [0.29, 0.717) is 6.04 Å². The van der Waals surface area contributed by atoms with E-state index < -0.39 is 0 Å². The van der Waals surface area contributed by atoms with Crippen molar-refractivity contribution in [1.82, 2.24) is 5.32 Å². The van der Waals surface area contributed by atoms with E-state index in [1.807, 2.05) is 13.1 Å². The highest BCUT2D eigenvalue weighted by molar-refractivity contribution is 9.10. The zero-order valence-corrected chi connectivity index (χ0v) is 12.7. The minimum atomic E-state index is 0.367. The molecule has 0 heterocycles. The van der Waals surface area contributed by atoms with Crippen LogP contribution in [0.4, 0.5) is 0 Å². The highest BCUT2D eigenvalue weighted by atomic mass is 79.9. The Morgan fingerprint density at radius 2 is 1.89 bits per heavy atom. The molecule has 0 saturated heterocycles. The van der Waals surface area contributed by atoms with Crippen molar-refractivity contribution in [3.05, 3.63) is 22.2 Å². The molecule has 1 unspecified atom stereocenters. The molecule has 1 aromatic rings. The Morgan fingerprint density at radius 1 is 1.28 bits per heavy atom. The van der Waals surface area contributed by atoms with Crippen molar-refractivity contribution in [2.75, 3.05) is 21.3 Å². The first-order valence-electron chi connectivity index (χ1n) is 6.28. The van der Waals surface area contributed by atoms with Gasteiger partial charge in [-0.05, 0) is 37.1 Å². The van der Waals surface area contributed by atoms with Crippen LogP contribution in [0.2, 0.25) is 0 Å². The molecule has 0 spiro atoms. The predicted octanol–water partition coefficient (Wildman–Crippen LogP) is 3.53. The molecule has 2 rings (SSSR count). The van der Waals surface area contributed by atoms with E-state index in [2.05, 4.69) is 27.3 Å². The highest BCUT2D eigenvalue weighted by Gasteiger charge is 2.27. The van der Waals surface area contributed by atoms with Crippen LogP contribution in [0, 0.1) is 5.92 Å². The first-order valence-corrected chi connectivity index (χ1v) is 7.07. The zero-order chi connectivity index (χ0) is 13.1. The molecule has 0 bridgehead atoms. The second-order valence-corrected chi connectivity index (χ2v) is 5.60. The largest absolute Gasteiger partial charge is 0.493 e. The summed E-state index contributed by atoms with van der Waals surface area (Å²) >= 11 is 3.63. The molecule has 1 aliphatic carbocycles. The Bertz CT molecular complexity index is 419. The second-order valence-electron chi connectivity index (χ2n) is 4.75. The molecule has 0 aliphatic heterocycles. The summed E-state index contributed by atoms with van der Waals surface area (Å²) in [4.78, 5) is 0. The molecule has 0 amide bonds. The minimum absolute atomic E-state index is 0.367. The summed E-state index contributed by atoms with van der Waals surface area (Å²) < 4.78 is 11.7. The fourth-order valence-electron chi connectivity index (χ4n) is 2.22. The van der Waals surface area contributed by atoms with Crippen LogP contribution in [0.3, 0.4) is 0 Å². The van der Waals surface area contributed by atoms with Crippen molar-refractivity contribution in [3.63, 3.8) is 0 Å². The van der Waals surface area contributed by atoms with Gasteiger partial charge in [-0.3, -0.25) is 0 Å². The first kappa shape index (κ1) is 13.7. The van der Waals surface area contributed by atoms with Gasteiger partial charge in [0.1, 0.15) is 0 Å². The van der Waals surface area contributed by atoms with Crippen LogP contribution in [0.25, 0.3) is 0 Å². The van der Waals surface area contributed by atoms with Crippen LogP contribution in [-0.2, 0) is 0 Å². The van der Waals surface area contributed by atoms with Crippen molar-refractivity contribution in [3.8, 4) is 11.5 Å². The van der Waals surface area contributed by atoms with Crippen LogP contribution in [-0.4, -0.2) is 21.3 Å². The summed E-state index contributed by atoms with van der Waals surface area (Å²) in [5.41, 5.74) is 1.24. The third kappa shape index (κ3) is 2.98. The maximum absolute atomic E-state index is 5.37. The van der Waals surface area contributed by atoms with Gasteiger partial charge in [-0.1, -0.05) is 28.8 Å². The molecule has 4 heteroatoms. The lowest BCUT2D eigenvalue weighted by atomic mass is 10.0. The fourth-order valence-corrected chi connectivity index (χ4v) is 2.82. The van der Waals surface area contributed by atoms with Gasteiger partial charge in [0.2, 0.25) is 0 Å². The second kappa shape index (κ2) is 5.93. The number of halogens is 1. The van der Waals surface area contributed by atoms with Gasteiger partial charge >= 0.3 is 0 Å². The van der Waals surface area contributed by atoms with Gasteiger partial charge in [0.15, 0.2) is 11.5 Å². The van der Waals surface area contributed by atoms with E-state index in [4.69, 9.17) is 9.47 Å². The number of methoxy groups -OCH3 is 2. The Labute approximate surface area is 117 Å². The number of ether oxygens (including phenoxy) is 2. The Morgan fingerprint density at radius 3 is 2.39 bits per heavy atom. The summed E-state index contributed by atoms with van der Waals surface area (Å²) in [6, 6.07) is 4.41. The normalized spacial score (nSPS) is 16.4. The summed E-state index contributed by atoms with van der Waals surface area (Å²) in [6.07, 6.45) is 3.91. The minimum Gasteiger partial charge on any atom is -0.493 e. The lowest BCUT2D eigenvalue weighted by molar-refractivity contribution is 0.353. The van der Waals surface area contributed by atoms with Gasteiger partial charge in [-0.2, -0.15) is 0 Å². The smallest absolute Gasteiger partial charge is 0.161 e. The van der Waals surface area contributed by atoms with E-state index in [-0.39, 0.29) is 0 Å². The average Bonchev–Trinajstić information content (AvgIpc) is 3.19. The van der Waals surface area contributed by atoms with Crippen LogP contribution < -0.4 is 14.8 Å². The monoisotopic (exact) mass is 313 g/mol. The molecule has 1 N–H and O–H groups in total. The molecule has 100 valence electrons. The molecule has 0 aromatic heterocycles. The van der Waals surface area contributed by atoms with Gasteiger partial charge in [0.25, 0.3) is 0 Å². The van der Waals surface area contributed by atoms with Crippen molar-refractivity contribution in [1.29, 1.82) is 0 Å². The van der Waals surface area contributed by atoms with Gasteiger partial charge in [-0.25, -0.2) is 0 Å². The van der Waals surface area contributed by atoms with Crippen LogP contribution in [0.5, 0.6) is 11.5 Å². The summed E-state index contributed by atoms with van der Waals surface area (Å²) in [7, 11) is 5.34. The van der Waals surface area contributed by atoms with E-state index in [1.165, 1.54) is 24.8 Å². The third-order valence-electron chi connectivity index (χ3n) is 3.49. The van der Waals surface area contributed by atoms with Gasteiger partial charge in [0.05, 0.1) is 14.2 Å². The molecule has 1 fully saturated rings. The van der Waals surface area contributed by atoms with Crippen molar-refractivity contribution in [2.24, 2.45) is 5.92 Å². The topological polar surface area (TPSA) is 30.5 Å². The Balaban J connectivity index is 2.29. The van der Waals surface area contributed by atoms with Crippen molar-refractivity contribution in [2.45, 2.75) is 25.3 Å². The van der Waals surface area contributed by atoms with Gasteiger partial charge in [-0.15, -0.1) is 0 Å². The number of hydrogen-bond donors (Lipinski definition) is 1. The Hall–Kier alpha value is -0.740. The lowest BCUT2D eigenvalue weighted by Gasteiger charge is -2.20. The number of benzene rings is 1. The number of rotatable bonds is 6. The van der Waals surface area contributed by atoms with E-state index in [9.17, 15) is 0 Å². The Kier molecular flexibility index (Phi) is 4.51. The quantitative estimate of drug-likeness (QED) is 0.871. The summed E-state index contributed by atoms with van der Waals surface area (Å²) in [5, 5.41) is 3.39. The maximum atomic E-state index is 5.37. The summed E-state index contributed by atoms with van der Waals surface area (Å²) in [6.45, 7) is 0. The van der Waals surface area contributed by atoms with E-state index in [1.54, 1.807) is 14.2 Å². The molecule has 0 radical (unpaired) electrons. The first-order chi connectivity index (χ1) is 8.69. The molecular formula is C14H20BrNO2. The standard InChI is InChI=1S/C14H20BrNO2/c1-16-12(6-9-4-5-9)10-7-13(17-2)14(18-3)8-11(10)15/h7-9,12,16H,4-6H2,1-3H3. The van der Waals surface area contributed by atoms with Crippen LogP contribution in [0.15, 0.2) is 16.6 Å². The predicted molar refractivity (Wildman–Crippen MR) is 76.4 cm³/mol. The van der Waals surface area contributed by atoms with Gasteiger partial charge < -0.3 is 14.8 Å². The van der Waals surface area contributed by atoms with Gasteiger partial charge in [0, 0.05) is 10.5 Å². The lowest BCUT2D eigenvalue weighted by Crippen LogP contribution is -2.17. The zero-order valence-electron chi connectivity index (χ0n) is 11.1. The number of nitrogens with one attached hydrogen (secondary N) is 1. The number of hydrogen-bond acceptors (Lipinski definition) is 3. The fraction of sp³-hybridized carbons (Fsp3) is 0.571.